The summed E-state index contributed by atoms with van der Waals surface area (Å²) < 4.78 is 11.8. The molecular weight excluding hydrogens is 262 g/mol. The molecular formula is C18H27NO2. The summed E-state index contributed by atoms with van der Waals surface area (Å²) in [5.74, 6) is 1.73. The highest BCUT2D eigenvalue weighted by Crippen LogP contribution is 2.52. The van der Waals surface area contributed by atoms with Crippen LogP contribution in [0.25, 0.3) is 0 Å². The number of benzene rings is 1. The van der Waals surface area contributed by atoms with Crippen LogP contribution in [0.2, 0.25) is 0 Å². The maximum atomic E-state index is 6.39. The third-order valence-corrected chi connectivity index (χ3v) is 5.51. The first-order valence-electron chi connectivity index (χ1n) is 8.27. The summed E-state index contributed by atoms with van der Waals surface area (Å²) in [5.41, 5.74) is 0.325. The highest BCUT2D eigenvalue weighted by molar-refractivity contribution is 5.40. The molecule has 2 atom stereocenters. The SMILES string of the molecule is CNC1CC(Oc2ccccc2OC)C12CCCCCC2. The molecule has 1 aromatic rings. The molecule has 0 aromatic heterocycles. The summed E-state index contributed by atoms with van der Waals surface area (Å²) in [5, 5.41) is 3.52. The van der Waals surface area contributed by atoms with Crippen LogP contribution in [0.3, 0.4) is 0 Å². The van der Waals surface area contributed by atoms with Gasteiger partial charge in [0.2, 0.25) is 0 Å². The van der Waals surface area contributed by atoms with Gasteiger partial charge in [-0.1, -0.05) is 37.8 Å². The van der Waals surface area contributed by atoms with Gasteiger partial charge in [-0.25, -0.2) is 0 Å². The molecule has 0 bridgehead atoms. The zero-order chi connectivity index (χ0) is 14.7. The van der Waals surface area contributed by atoms with Gasteiger partial charge in [0.15, 0.2) is 11.5 Å². The smallest absolute Gasteiger partial charge is 0.161 e. The van der Waals surface area contributed by atoms with Gasteiger partial charge in [0, 0.05) is 17.9 Å². The van der Waals surface area contributed by atoms with E-state index in [1.165, 1.54) is 38.5 Å². The topological polar surface area (TPSA) is 30.5 Å². The Hall–Kier alpha value is -1.22. The molecule has 116 valence electrons. The van der Waals surface area contributed by atoms with Crippen molar-refractivity contribution in [2.45, 2.75) is 57.1 Å². The van der Waals surface area contributed by atoms with Gasteiger partial charge >= 0.3 is 0 Å². The van der Waals surface area contributed by atoms with Gasteiger partial charge in [0.1, 0.15) is 6.10 Å². The van der Waals surface area contributed by atoms with Gasteiger partial charge in [0.05, 0.1) is 7.11 Å². The zero-order valence-electron chi connectivity index (χ0n) is 13.2. The molecule has 3 heteroatoms. The van der Waals surface area contributed by atoms with E-state index >= 15 is 0 Å². The van der Waals surface area contributed by atoms with Crippen LogP contribution in [0, 0.1) is 5.41 Å². The van der Waals surface area contributed by atoms with E-state index in [9.17, 15) is 0 Å². The molecule has 1 N–H and O–H groups in total. The monoisotopic (exact) mass is 289 g/mol. The molecule has 0 heterocycles. The number of nitrogens with one attached hydrogen (secondary N) is 1. The Morgan fingerprint density at radius 2 is 1.71 bits per heavy atom. The summed E-state index contributed by atoms with van der Waals surface area (Å²) >= 11 is 0. The number of rotatable bonds is 4. The van der Waals surface area contributed by atoms with Crippen molar-refractivity contribution in [3.8, 4) is 11.5 Å². The molecule has 0 aliphatic heterocycles. The maximum absolute atomic E-state index is 6.39. The molecule has 2 aliphatic rings. The van der Waals surface area contributed by atoms with Gasteiger partial charge in [-0.05, 0) is 32.0 Å². The molecule has 3 nitrogen and oxygen atoms in total. The lowest BCUT2D eigenvalue weighted by Crippen LogP contribution is -2.64. The van der Waals surface area contributed by atoms with E-state index in [1.807, 2.05) is 24.3 Å². The van der Waals surface area contributed by atoms with Crippen LogP contribution in [0.1, 0.15) is 44.9 Å². The van der Waals surface area contributed by atoms with Crippen molar-refractivity contribution < 1.29 is 9.47 Å². The Bertz CT molecular complexity index is 466. The molecule has 2 fully saturated rings. The fourth-order valence-electron chi connectivity index (χ4n) is 4.24. The van der Waals surface area contributed by atoms with E-state index in [0.717, 1.165) is 17.9 Å². The van der Waals surface area contributed by atoms with Crippen molar-refractivity contribution in [3.05, 3.63) is 24.3 Å². The van der Waals surface area contributed by atoms with Crippen LogP contribution >= 0.6 is 0 Å². The average Bonchev–Trinajstić information content (AvgIpc) is 2.79. The number of hydrogen-bond acceptors (Lipinski definition) is 3. The van der Waals surface area contributed by atoms with Gasteiger partial charge < -0.3 is 14.8 Å². The fraction of sp³-hybridized carbons (Fsp3) is 0.667. The quantitative estimate of drug-likeness (QED) is 0.915. The molecule has 0 amide bonds. The van der Waals surface area contributed by atoms with Crippen molar-refractivity contribution in [2.75, 3.05) is 14.2 Å². The van der Waals surface area contributed by atoms with Crippen LogP contribution in [-0.4, -0.2) is 26.3 Å². The molecule has 2 unspecified atom stereocenters. The van der Waals surface area contributed by atoms with E-state index < -0.39 is 0 Å². The van der Waals surface area contributed by atoms with Crippen LogP contribution in [0.4, 0.5) is 0 Å². The number of ether oxygens (including phenoxy) is 2. The van der Waals surface area contributed by atoms with Gasteiger partial charge in [-0.15, -0.1) is 0 Å². The van der Waals surface area contributed by atoms with E-state index in [1.54, 1.807) is 7.11 Å². The Morgan fingerprint density at radius 3 is 2.33 bits per heavy atom. The highest BCUT2D eigenvalue weighted by Gasteiger charge is 2.55. The minimum Gasteiger partial charge on any atom is -0.493 e. The Morgan fingerprint density at radius 1 is 1.05 bits per heavy atom. The minimum atomic E-state index is 0.323. The van der Waals surface area contributed by atoms with Crippen LogP contribution in [0.5, 0.6) is 11.5 Å². The summed E-state index contributed by atoms with van der Waals surface area (Å²) in [6, 6.07) is 8.62. The molecule has 21 heavy (non-hydrogen) atoms. The lowest BCUT2D eigenvalue weighted by molar-refractivity contribution is -0.0889. The number of para-hydroxylation sites is 2. The van der Waals surface area contributed by atoms with Gasteiger partial charge in [0.25, 0.3) is 0 Å². The third kappa shape index (κ3) is 2.64. The van der Waals surface area contributed by atoms with E-state index in [-0.39, 0.29) is 0 Å². The summed E-state index contributed by atoms with van der Waals surface area (Å²) in [6.07, 6.45) is 9.43. The predicted molar refractivity (Wildman–Crippen MR) is 85.0 cm³/mol. The number of hydrogen-bond donors (Lipinski definition) is 1. The molecule has 1 aromatic carbocycles. The van der Waals surface area contributed by atoms with Gasteiger partial charge in [-0.2, -0.15) is 0 Å². The molecule has 2 saturated carbocycles. The minimum absolute atomic E-state index is 0.323. The van der Waals surface area contributed by atoms with Crippen molar-refractivity contribution in [1.82, 2.24) is 5.32 Å². The van der Waals surface area contributed by atoms with Crippen LogP contribution in [0.15, 0.2) is 24.3 Å². The Labute approximate surface area is 128 Å². The lowest BCUT2D eigenvalue weighted by atomic mass is 9.58. The standard InChI is InChI=1S/C18H27NO2/c1-19-16-13-17(18(16)11-7-3-4-8-12-18)21-15-10-6-5-9-14(15)20-2/h5-6,9-10,16-17,19H,3-4,7-8,11-13H2,1-2H3. The third-order valence-electron chi connectivity index (χ3n) is 5.51. The van der Waals surface area contributed by atoms with Crippen LogP contribution < -0.4 is 14.8 Å². The maximum Gasteiger partial charge on any atom is 0.161 e. The summed E-state index contributed by atoms with van der Waals surface area (Å²) in [4.78, 5) is 0. The summed E-state index contributed by atoms with van der Waals surface area (Å²) in [6.45, 7) is 0. The van der Waals surface area contributed by atoms with Crippen molar-refractivity contribution in [3.63, 3.8) is 0 Å². The second-order valence-electron chi connectivity index (χ2n) is 6.48. The number of methoxy groups -OCH3 is 1. The first-order valence-corrected chi connectivity index (χ1v) is 8.27. The first-order chi connectivity index (χ1) is 10.3. The van der Waals surface area contributed by atoms with E-state index in [0.29, 0.717) is 17.6 Å². The molecule has 2 aliphatic carbocycles. The lowest BCUT2D eigenvalue weighted by Gasteiger charge is -2.55. The Kier molecular flexibility index (Phi) is 4.39. The first kappa shape index (κ1) is 14.7. The molecule has 0 radical (unpaired) electrons. The molecule has 1 spiro atoms. The zero-order valence-corrected chi connectivity index (χ0v) is 13.2. The van der Waals surface area contributed by atoms with Crippen molar-refractivity contribution in [1.29, 1.82) is 0 Å². The summed E-state index contributed by atoms with van der Waals surface area (Å²) in [7, 11) is 3.80. The van der Waals surface area contributed by atoms with E-state index in [2.05, 4.69) is 12.4 Å². The van der Waals surface area contributed by atoms with E-state index in [4.69, 9.17) is 9.47 Å². The van der Waals surface area contributed by atoms with Crippen LogP contribution in [-0.2, 0) is 0 Å². The highest BCUT2D eigenvalue weighted by atomic mass is 16.5. The Balaban J connectivity index is 1.78. The predicted octanol–water partition coefficient (Wildman–Crippen LogP) is 3.77. The van der Waals surface area contributed by atoms with Crippen molar-refractivity contribution >= 4 is 0 Å². The van der Waals surface area contributed by atoms with Gasteiger partial charge in [-0.3, -0.25) is 0 Å². The van der Waals surface area contributed by atoms with Crippen molar-refractivity contribution in [2.24, 2.45) is 5.41 Å². The molecule has 3 rings (SSSR count). The average molecular weight is 289 g/mol. The second-order valence-corrected chi connectivity index (χ2v) is 6.48. The normalized spacial score (nSPS) is 27.7. The largest absolute Gasteiger partial charge is 0.493 e. The molecule has 0 saturated heterocycles. The second kappa shape index (κ2) is 6.27. The fourth-order valence-corrected chi connectivity index (χ4v) is 4.24.